The molecule has 2 aromatic rings. The molecule has 0 radical (unpaired) electrons. The summed E-state index contributed by atoms with van der Waals surface area (Å²) in [7, 11) is -3.68. The second-order valence-electron chi connectivity index (χ2n) is 7.07. The van der Waals surface area contributed by atoms with Crippen molar-refractivity contribution in [3.63, 3.8) is 0 Å². The van der Waals surface area contributed by atoms with E-state index in [0.717, 1.165) is 0 Å². The van der Waals surface area contributed by atoms with Gasteiger partial charge in [0.1, 0.15) is 6.54 Å². The molecular formula is C17H23ClN4O3S. The number of aromatic nitrogens is 2. The van der Waals surface area contributed by atoms with Gasteiger partial charge in [0.2, 0.25) is 15.9 Å². The van der Waals surface area contributed by atoms with Crippen molar-refractivity contribution in [2.75, 3.05) is 5.32 Å². The Labute approximate surface area is 158 Å². The van der Waals surface area contributed by atoms with E-state index in [1.54, 1.807) is 46.8 Å². The molecule has 0 saturated heterocycles. The molecule has 2 rings (SSSR count). The van der Waals surface area contributed by atoms with Crippen LogP contribution < -0.4 is 10.0 Å². The first kappa shape index (κ1) is 20.4. The van der Waals surface area contributed by atoms with Crippen molar-refractivity contribution < 1.29 is 13.2 Å². The van der Waals surface area contributed by atoms with Gasteiger partial charge in [-0.2, -0.15) is 5.10 Å². The van der Waals surface area contributed by atoms with Crippen LogP contribution in [0.15, 0.2) is 29.2 Å². The van der Waals surface area contributed by atoms with Crippen LogP contribution in [0.25, 0.3) is 0 Å². The zero-order chi connectivity index (χ0) is 19.7. The van der Waals surface area contributed by atoms with E-state index >= 15 is 0 Å². The van der Waals surface area contributed by atoms with Crippen molar-refractivity contribution in [3.8, 4) is 0 Å². The van der Waals surface area contributed by atoms with Crippen LogP contribution in [0.2, 0.25) is 5.02 Å². The first-order chi connectivity index (χ1) is 11.9. The van der Waals surface area contributed by atoms with Crippen LogP contribution in [0.5, 0.6) is 0 Å². The molecule has 9 heteroatoms. The molecule has 0 unspecified atom stereocenters. The van der Waals surface area contributed by atoms with Crippen LogP contribution in [-0.4, -0.2) is 29.6 Å². The molecule has 142 valence electrons. The number of hydrogen-bond acceptors (Lipinski definition) is 4. The molecular weight excluding hydrogens is 376 g/mol. The van der Waals surface area contributed by atoms with Crippen molar-refractivity contribution in [2.45, 2.75) is 51.6 Å². The maximum absolute atomic E-state index is 12.4. The predicted molar refractivity (Wildman–Crippen MR) is 102 cm³/mol. The SMILES string of the molecule is Cc1nn(CC(=O)Nc2cccc(S(=O)(=O)NC(C)(C)C)c2)c(C)c1Cl. The number of aryl methyl sites for hydroxylation is 1. The Kier molecular flexibility index (Phi) is 5.79. The highest BCUT2D eigenvalue weighted by Gasteiger charge is 2.22. The first-order valence-corrected chi connectivity index (χ1v) is 9.88. The molecule has 1 aromatic heterocycles. The van der Waals surface area contributed by atoms with Gasteiger partial charge < -0.3 is 5.32 Å². The fourth-order valence-corrected chi connectivity index (χ4v) is 3.97. The van der Waals surface area contributed by atoms with Gasteiger partial charge in [0.15, 0.2) is 0 Å². The number of anilines is 1. The van der Waals surface area contributed by atoms with Gasteiger partial charge in [-0.1, -0.05) is 17.7 Å². The lowest BCUT2D eigenvalue weighted by atomic mass is 10.1. The lowest BCUT2D eigenvalue weighted by Crippen LogP contribution is -2.40. The summed E-state index contributed by atoms with van der Waals surface area (Å²) >= 11 is 6.08. The highest BCUT2D eigenvalue weighted by atomic mass is 35.5. The van der Waals surface area contributed by atoms with Crippen LogP contribution in [0.4, 0.5) is 5.69 Å². The Hall–Kier alpha value is -1.90. The van der Waals surface area contributed by atoms with Gasteiger partial charge in [0.05, 0.1) is 21.3 Å². The molecule has 0 aliphatic rings. The third-order valence-electron chi connectivity index (χ3n) is 3.46. The van der Waals surface area contributed by atoms with Gasteiger partial charge in [-0.25, -0.2) is 13.1 Å². The molecule has 0 saturated carbocycles. The molecule has 1 amide bonds. The molecule has 0 aliphatic heterocycles. The molecule has 26 heavy (non-hydrogen) atoms. The number of carbonyl (C=O) groups excluding carboxylic acids is 1. The molecule has 0 spiro atoms. The third kappa shape index (κ3) is 5.06. The van der Waals surface area contributed by atoms with Crippen LogP contribution in [0.1, 0.15) is 32.2 Å². The molecule has 2 N–H and O–H groups in total. The topological polar surface area (TPSA) is 93.1 Å². The first-order valence-electron chi connectivity index (χ1n) is 8.02. The number of hydrogen-bond donors (Lipinski definition) is 2. The summed E-state index contributed by atoms with van der Waals surface area (Å²) in [6.07, 6.45) is 0. The molecule has 0 atom stereocenters. The smallest absolute Gasteiger partial charge is 0.246 e. The van der Waals surface area contributed by atoms with Gasteiger partial charge in [0.25, 0.3) is 0 Å². The number of halogens is 1. The zero-order valence-corrected chi connectivity index (χ0v) is 17.0. The summed E-state index contributed by atoms with van der Waals surface area (Å²) in [6.45, 7) is 8.80. The summed E-state index contributed by atoms with van der Waals surface area (Å²) in [4.78, 5) is 12.3. The normalized spacial score (nSPS) is 12.2. The minimum Gasteiger partial charge on any atom is -0.324 e. The van der Waals surface area contributed by atoms with Crippen molar-refractivity contribution in [2.24, 2.45) is 0 Å². The quantitative estimate of drug-likeness (QED) is 0.809. The maximum Gasteiger partial charge on any atom is 0.246 e. The van der Waals surface area contributed by atoms with E-state index in [9.17, 15) is 13.2 Å². The number of carbonyl (C=O) groups is 1. The Morgan fingerprint density at radius 3 is 2.46 bits per heavy atom. The van der Waals surface area contributed by atoms with Crippen LogP contribution in [0, 0.1) is 13.8 Å². The van der Waals surface area contributed by atoms with Gasteiger partial charge in [-0.15, -0.1) is 0 Å². The summed E-state index contributed by atoms with van der Waals surface area (Å²) < 4.78 is 28.9. The number of nitrogens with one attached hydrogen (secondary N) is 2. The average Bonchev–Trinajstić information content (AvgIpc) is 2.72. The number of rotatable bonds is 5. The molecule has 7 nitrogen and oxygen atoms in total. The van der Waals surface area contributed by atoms with Gasteiger partial charge >= 0.3 is 0 Å². The van der Waals surface area contributed by atoms with Crippen molar-refractivity contribution >= 4 is 33.2 Å². The maximum atomic E-state index is 12.4. The summed E-state index contributed by atoms with van der Waals surface area (Å²) in [5.74, 6) is -0.328. The Balaban J connectivity index is 2.15. The molecule has 0 aliphatic carbocycles. The number of benzene rings is 1. The van der Waals surface area contributed by atoms with E-state index < -0.39 is 15.6 Å². The van der Waals surface area contributed by atoms with Crippen LogP contribution in [-0.2, 0) is 21.4 Å². The van der Waals surface area contributed by atoms with E-state index in [1.165, 1.54) is 16.8 Å². The zero-order valence-electron chi connectivity index (χ0n) is 15.4. The minimum absolute atomic E-state index is 0.0172. The van der Waals surface area contributed by atoms with Crippen LogP contribution in [0.3, 0.4) is 0 Å². The fourth-order valence-electron chi connectivity index (χ4n) is 2.37. The van der Waals surface area contributed by atoms with E-state index in [-0.39, 0.29) is 17.3 Å². The fraction of sp³-hybridized carbons (Fsp3) is 0.412. The average molecular weight is 399 g/mol. The standard InChI is InChI=1S/C17H23ClN4O3S/c1-11-16(18)12(2)22(20-11)10-15(23)19-13-7-6-8-14(9-13)26(24,25)21-17(3,4)5/h6-9,21H,10H2,1-5H3,(H,19,23). The number of amides is 1. The Morgan fingerprint density at radius 2 is 1.92 bits per heavy atom. The number of sulfonamides is 1. The number of nitrogens with zero attached hydrogens (tertiary/aromatic N) is 2. The van der Waals surface area contributed by atoms with E-state index in [2.05, 4.69) is 15.1 Å². The van der Waals surface area contributed by atoms with E-state index in [4.69, 9.17) is 11.6 Å². The highest BCUT2D eigenvalue weighted by molar-refractivity contribution is 7.89. The van der Waals surface area contributed by atoms with Gasteiger partial charge in [0, 0.05) is 11.2 Å². The van der Waals surface area contributed by atoms with Crippen LogP contribution >= 0.6 is 11.6 Å². The summed E-state index contributed by atoms with van der Waals surface area (Å²) in [5.41, 5.74) is 1.13. The van der Waals surface area contributed by atoms with Crippen molar-refractivity contribution in [3.05, 3.63) is 40.7 Å². The highest BCUT2D eigenvalue weighted by Crippen LogP contribution is 2.20. The lowest BCUT2D eigenvalue weighted by molar-refractivity contribution is -0.116. The molecule has 0 bridgehead atoms. The van der Waals surface area contributed by atoms with Gasteiger partial charge in [-0.3, -0.25) is 9.48 Å². The largest absolute Gasteiger partial charge is 0.324 e. The second kappa shape index (κ2) is 7.38. The lowest BCUT2D eigenvalue weighted by Gasteiger charge is -2.20. The Bertz CT molecular complexity index is 930. The van der Waals surface area contributed by atoms with Crippen molar-refractivity contribution in [1.82, 2.24) is 14.5 Å². The molecule has 1 heterocycles. The minimum atomic E-state index is -3.68. The van der Waals surface area contributed by atoms with Gasteiger partial charge in [-0.05, 0) is 52.8 Å². The van der Waals surface area contributed by atoms with E-state index in [1.807, 2.05) is 0 Å². The van der Waals surface area contributed by atoms with E-state index in [0.29, 0.717) is 22.1 Å². The monoisotopic (exact) mass is 398 g/mol. The summed E-state index contributed by atoms with van der Waals surface area (Å²) in [5, 5.41) is 7.42. The third-order valence-corrected chi connectivity index (χ3v) is 5.76. The second-order valence-corrected chi connectivity index (χ2v) is 9.13. The van der Waals surface area contributed by atoms with Crippen molar-refractivity contribution in [1.29, 1.82) is 0 Å². The molecule has 1 aromatic carbocycles. The molecule has 0 fully saturated rings. The summed E-state index contributed by atoms with van der Waals surface area (Å²) in [6, 6.07) is 6.10. The predicted octanol–water partition coefficient (Wildman–Crippen LogP) is 2.87. The Morgan fingerprint density at radius 1 is 1.27 bits per heavy atom.